The molecule has 4 rings (SSSR count). The summed E-state index contributed by atoms with van der Waals surface area (Å²) in [4.78, 5) is 25.5. The van der Waals surface area contributed by atoms with E-state index in [9.17, 15) is 9.18 Å². The van der Waals surface area contributed by atoms with Crippen molar-refractivity contribution in [2.45, 2.75) is 20.0 Å². The maximum absolute atomic E-state index is 13.5. The van der Waals surface area contributed by atoms with Gasteiger partial charge in [-0.3, -0.25) is 10.1 Å². The minimum Gasteiger partial charge on any atom is -0.322 e. The zero-order chi connectivity index (χ0) is 19.3. The van der Waals surface area contributed by atoms with Gasteiger partial charge in [-0.05, 0) is 42.1 Å². The van der Waals surface area contributed by atoms with Gasteiger partial charge in [0.25, 0.3) is 5.91 Å². The first-order chi connectivity index (χ1) is 13.7. The van der Waals surface area contributed by atoms with Gasteiger partial charge in [0.2, 0.25) is 0 Å². The Bertz CT molecular complexity index is 1090. The van der Waals surface area contributed by atoms with E-state index in [4.69, 9.17) is 0 Å². The van der Waals surface area contributed by atoms with Crippen molar-refractivity contribution in [3.8, 4) is 0 Å². The zero-order valence-electron chi connectivity index (χ0n) is 14.0. The van der Waals surface area contributed by atoms with Crippen LogP contribution in [0, 0.1) is 5.82 Å². The maximum Gasteiger partial charge on any atom is 0.277 e. The van der Waals surface area contributed by atoms with Crippen molar-refractivity contribution < 1.29 is 9.18 Å². The molecule has 0 aliphatic rings. The van der Waals surface area contributed by atoms with E-state index in [0.29, 0.717) is 25.1 Å². The van der Waals surface area contributed by atoms with Gasteiger partial charge in [0.05, 0.1) is 0 Å². The molecular weight excluding hydrogens is 419 g/mol. The maximum atomic E-state index is 13.5. The van der Waals surface area contributed by atoms with Gasteiger partial charge in [-0.25, -0.2) is 14.4 Å². The lowest BCUT2D eigenvalue weighted by Gasteiger charge is -2.10. The number of H-pyrrole nitrogens is 1. The second kappa shape index (κ2) is 8.50. The Kier molecular flexibility index (Phi) is 5.65. The number of aromatic nitrogens is 5. The van der Waals surface area contributed by atoms with E-state index in [1.165, 1.54) is 53.3 Å². The molecule has 0 saturated carbocycles. The molecule has 140 valence electrons. The summed E-state index contributed by atoms with van der Waals surface area (Å²) < 4.78 is 13.5. The molecule has 0 saturated heterocycles. The average molecular weight is 431 g/mol. The van der Waals surface area contributed by atoms with E-state index >= 15 is 0 Å². The van der Waals surface area contributed by atoms with Gasteiger partial charge in [0.15, 0.2) is 10.3 Å². The molecule has 28 heavy (non-hydrogen) atoms. The van der Waals surface area contributed by atoms with Gasteiger partial charge < -0.3 is 4.98 Å². The van der Waals surface area contributed by atoms with Crippen molar-refractivity contribution in [1.29, 1.82) is 0 Å². The summed E-state index contributed by atoms with van der Waals surface area (Å²) in [6.45, 7) is 0. The summed E-state index contributed by atoms with van der Waals surface area (Å²) in [5.74, 6) is -0.738. The number of hydrogen-bond acceptors (Lipinski definition) is 8. The van der Waals surface area contributed by atoms with Gasteiger partial charge in [-0.1, -0.05) is 17.8 Å². The number of carbonyl (C=O) groups excluding carboxylic acids is 1. The number of pyridine rings is 1. The number of rotatable bonds is 6. The Hall–Kier alpha value is -2.76. The highest BCUT2D eigenvalue weighted by atomic mass is 32.2. The number of benzene rings is 1. The Labute approximate surface area is 171 Å². The quantitative estimate of drug-likeness (QED) is 0.469. The van der Waals surface area contributed by atoms with Crippen LogP contribution >= 0.6 is 34.9 Å². The van der Waals surface area contributed by atoms with E-state index in [2.05, 4.69) is 30.5 Å². The summed E-state index contributed by atoms with van der Waals surface area (Å²) in [6.07, 6.45) is 3.07. The predicted molar refractivity (Wildman–Crippen MR) is 105 cm³/mol. The molecular formula is C17H11FN6OS3. The first-order valence-electron chi connectivity index (χ1n) is 7.86. The predicted octanol–water partition coefficient (Wildman–Crippen LogP) is 4.35. The van der Waals surface area contributed by atoms with Gasteiger partial charge in [-0.15, -0.1) is 21.5 Å². The van der Waals surface area contributed by atoms with Crippen LogP contribution in [0.4, 0.5) is 9.52 Å². The molecule has 0 atom stereocenters. The molecule has 0 bridgehead atoms. The molecule has 7 nitrogen and oxygen atoms in total. The second-order valence-corrected chi connectivity index (χ2v) is 8.26. The highest BCUT2D eigenvalue weighted by Gasteiger charge is 2.18. The van der Waals surface area contributed by atoms with E-state index in [-0.39, 0.29) is 11.5 Å². The molecule has 0 unspecified atom stereocenters. The molecule has 1 amide bonds. The summed E-state index contributed by atoms with van der Waals surface area (Å²) in [5.41, 5.74) is 0.217. The van der Waals surface area contributed by atoms with Crippen LogP contribution in [-0.4, -0.2) is 31.1 Å². The fourth-order valence-corrected chi connectivity index (χ4v) is 4.31. The van der Waals surface area contributed by atoms with Crippen LogP contribution in [-0.2, 0) is 0 Å². The van der Waals surface area contributed by atoms with Gasteiger partial charge in [0, 0.05) is 21.4 Å². The van der Waals surface area contributed by atoms with E-state index < -0.39 is 5.91 Å². The number of anilines is 1. The number of amides is 1. The summed E-state index contributed by atoms with van der Waals surface area (Å²) in [7, 11) is 0. The SMILES string of the molecule is O=C(Nc1nccs1)c1nc(Sc2nnc[nH]2)ccc1Sc1cccc(F)c1. The number of carbonyl (C=O) groups is 1. The van der Waals surface area contributed by atoms with Gasteiger partial charge in [0.1, 0.15) is 22.9 Å². The third-order valence-corrected chi connectivity index (χ3v) is 5.88. The normalized spacial score (nSPS) is 10.8. The van der Waals surface area contributed by atoms with Gasteiger partial charge in [-0.2, -0.15) is 0 Å². The summed E-state index contributed by atoms with van der Waals surface area (Å²) in [5, 5.41) is 13.7. The minimum atomic E-state index is -0.395. The van der Waals surface area contributed by atoms with Crippen molar-refractivity contribution in [1.82, 2.24) is 25.1 Å². The number of hydrogen-bond donors (Lipinski definition) is 2. The molecule has 1 aromatic carbocycles. The molecule has 3 heterocycles. The van der Waals surface area contributed by atoms with Crippen LogP contribution in [0.2, 0.25) is 0 Å². The van der Waals surface area contributed by atoms with Crippen LogP contribution in [0.25, 0.3) is 0 Å². The molecule has 2 N–H and O–H groups in total. The van der Waals surface area contributed by atoms with Crippen molar-refractivity contribution in [3.05, 3.63) is 65.8 Å². The highest BCUT2D eigenvalue weighted by Crippen LogP contribution is 2.33. The Morgan fingerprint density at radius 2 is 2.14 bits per heavy atom. The summed E-state index contributed by atoms with van der Waals surface area (Å²) in [6, 6.07) is 9.72. The van der Waals surface area contributed by atoms with E-state index in [1.807, 2.05) is 0 Å². The van der Waals surface area contributed by atoms with Crippen LogP contribution in [0.5, 0.6) is 0 Å². The Morgan fingerprint density at radius 1 is 1.21 bits per heavy atom. The lowest BCUT2D eigenvalue weighted by atomic mass is 10.3. The topological polar surface area (TPSA) is 96.5 Å². The van der Waals surface area contributed by atoms with Crippen molar-refractivity contribution >= 4 is 45.9 Å². The number of aromatic amines is 1. The third kappa shape index (κ3) is 4.55. The largest absolute Gasteiger partial charge is 0.322 e. The molecule has 0 aliphatic carbocycles. The standard InChI is InChI=1S/C17H11FN6OS3/c18-10-2-1-3-11(8-10)27-12-4-5-13(28-17-20-9-21-24-17)22-14(12)15(25)23-16-19-6-7-26-16/h1-9H,(H,19,23,25)(H,20,21,24). The van der Waals surface area contributed by atoms with E-state index in [1.54, 1.807) is 35.8 Å². The first-order valence-corrected chi connectivity index (χ1v) is 10.4. The lowest BCUT2D eigenvalue weighted by Crippen LogP contribution is -2.15. The highest BCUT2D eigenvalue weighted by molar-refractivity contribution is 7.99. The number of nitrogens with one attached hydrogen (secondary N) is 2. The molecule has 0 fully saturated rings. The number of halogens is 1. The third-order valence-electron chi connectivity index (χ3n) is 3.32. The van der Waals surface area contributed by atoms with Crippen molar-refractivity contribution in [3.63, 3.8) is 0 Å². The lowest BCUT2D eigenvalue weighted by molar-refractivity contribution is 0.101. The minimum absolute atomic E-state index is 0.217. The van der Waals surface area contributed by atoms with Crippen LogP contribution in [0.3, 0.4) is 0 Å². The Balaban J connectivity index is 1.66. The van der Waals surface area contributed by atoms with Crippen LogP contribution < -0.4 is 5.32 Å². The molecule has 0 radical (unpaired) electrons. The monoisotopic (exact) mass is 430 g/mol. The van der Waals surface area contributed by atoms with Crippen molar-refractivity contribution in [2.75, 3.05) is 5.32 Å². The second-order valence-electron chi connectivity index (χ2n) is 5.24. The van der Waals surface area contributed by atoms with Crippen LogP contribution in [0.15, 0.2) is 74.3 Å². The fourth-order valence-electron chi connectivity index (χ4n) is 2.17. The molecule has 11 heteroatoms. The number of nitrogens with zero attached hydrogens (tertiary/aromatic N) is 4. The number of thiazole rings is 1. The molecule has 0 spiro atoms. The first kappa shape index (κ1) is 18.6. The molecule has 3 aromatic heterocycles. The van der Waals surface area contributed by atoms with Crippen molar-refractivity contribution in [2.24, 2.45) is 0 Å². The Morgan fingerprint density at radius 3 is 2.89 bits per heavy atom. The molecule has 4 aromatic rings. The molecule has 0 aliphatic heterocycles. The average Bonchev–Trinajstić information content (AvgIpc) is 3.37. The smallest absolute Gasteiger partial charge is 0.277 e. The van der Waals surface area contributed by atoms with Crippen LogP contribution in [0.1, 0.15) is 10.5 Å². The summed E-state index contributed by atoms with van der Waals surface area (Å²) >= 11 is 3.82. The van der Waals surface area contributed by atoms with Gasteiger partial charge >= 0.3 is 0 Å². The van der Waals surface area contributed by atoms with E-state index in [0.717, 1.165) is 0 Å². The fraction of sp³-hybridized carbons (Fsp3) is 0. The zero-order valence-corrected chi connectivity index (χ0v) is 16.4.